The van der Waals surface area contributed by atoms with Gasteiger partial charge in [0, 0.05) is 34.5 Å². The first-order valence-electron chi connectivity index (χ1n) is 7.08. The molecule has 0 saturated heterocycles. The Morgan fingerprint density at radius 2 is 2.00 bits per heavy atom. The van der Waals surface area contributed by atoms with Gasteiger partial charge in [-0.25, -0.2) is 9.48 Å². The van der Waals surface area contributed by atoms with Crippen molar-refractivity contribution in [3.05, 3.63) is 17.5 Å². The number of aryl methyl sites for hydroxylation is 1. The molecular formula is C13H18N6O5. The number of cyclic esters (lactones) is 1. The van der Waals surface area contributed by atoms with Crippen molar-refractivity contribution in [3.8, 4) is 0 Å². The molecular weight excluding hydrogens is 320 g/mol. The Morgan fingerprint density at radius 1 is 1.33 bits per heavy atom. The minimum absolute atomic E-state index is 0.0817. The maximum Gasteiger partial charge on any atom is 0.369 e. The van der Waals surface area contributed by atoms with E-state index < -0.39 is 23.4 Å². The van der Waals surface area contributed by atoms with Crippen LogP contribution in [0.4, 0.5) is 5.95 Å². The van der Waals surface area contributed by atoms with Gasteiger partial charge >= 0.3 is 11.9 Å². The lowest BCUT2D eigenvalue weighted by Gasteiger charge is -2.28. The van der Waals surface area contributed by atoms with Crippen LogP contribution >= 0.6 is 0 Å². The molecule has 1 aromatic rings. The molecule has 1 aliphatic rings. The van der Waals surface area contributed by atoms with Crippen LogP contribution in [0.25, 0.3) is 0 Å². The van der Waals surface area contributed by atoms with Crippen molar-refractivity contribution < 1.29 is 24.2 Å². The third-order valence-electron chi connectivity index (χ3n) is 2.87. The summed E-state index contributed by atoms with van der Waals surface area (Å²) >= 11 is 0. The molecule has 0 aromatic carbocycles. The molecule has 11 nitrogen and oxygen atoms in total. The first-order valence-corrected chi connectivity index (χ1v) is 7.08. The van der Waals surface area contributed by atoms with Gasteiger partial charge in [-0.05, 0) is 6.92 Å². The summed E-state index contributed by atoms with van der Waals surface area (Å²) in [6.45, 7) is 5.09. The van der Waals surface area contributed by atoms with Crippen LogP contribution in [0, 0.1) is 0 Å². The molecule has 0 radical (unpaired) electrons. The summed E-state index contributed by atoms with van der Waals surface area (Å²) in [4.78, 5) is 29.1. The average molecular weight is 338 g/mol. The van der Waals surface area contributed by atoms with Crippen molar-refractivity contribution in [2.24, 2.45) is 10.2 Å². The van der Waals surface area contributed by atoms with E-state index in [-0.39, 0.29) is 17.7 Å². The van der Waals surface area contributed by atoms with Gasteiger partial charge in [-0.1, -0.05) is 0 Å². The molecule has 1 N–H and O–H groups in total. The Bertz CT molecular complexity index is 733. The second kappa shape index (κ2) is 6.26. The molecule has 1 aromatic heterocycles. The molecule has 1 aliphatic heterocycles. The quantitative estimate of drug-likeness (QED) is 0.642. The van der Waals surface area contributed by atoms with E-state index in [0.717, 1.165) is 0 Å². The normalized spacial score (nSPS) is 17.0. The smallest absolute Gasteiger partial charge is 0.369 e. The van der Waals surface area contributed by atoms with Crippen LogP contribution in [0.15, 0.2) is 21.9 Å². The van der Waals surface area contributed by atoms with E-state index >= 15 is 0 Å². The molecule has 130 valence electrons. The number of aromatic nitrogens is 3. The second-order valence-corrected chi connectivity index (χ2v) is 5.50. The summed E-state index contributed by atoms with van der Waals surface area (Å²) in [5.74, 6) is -3.31. The van der Waals surface area contributed by atoms with Gasteiger partial charge in [0.25, 0.3) is 23.3 Å². The topological polar surface area (TPSA) is 132 Å². The van der Waals surface area contributed by atoms with Crippen LogP contribution in [0.2, 0.25) is 0 Å². The maximum absolute atomic E-state index is 12.0. The highest BCUT2D eigenvalue weighted by Crippen LogP contribution is 2.26. The highest BCUT2D eigenvalue weighted by atomic mass is 16.8. The molecule has 0 aliphatic carbocycles. The van der Waals surface area contributed by atoms with E-state index in [4.69, 9.17) is 9.47 Å². The number of hydrogen-bond donors (Lipinski definition) is 1. The van der Waals surface area contributed by atoms with Gasteiger partial charge < -0.3 is 19.5 Å². The fourth-order valence-electron chi connectivity index (χ4n) is 1.79. The number of amides is 1. The standard InChI is InChI=1S/C13H18N6O5/c1-6-19-8(9(20)18(4)5)14-12(17-19)16-15-7-10(21)23-13(2,3)24-11(7)22/h21H,6H2,1-5H3. The third-order valence-corrected chi connectivity index (χ3v) is 2.87. The summed E-state index contributed by atoms with van der Waals surface area (Å²) in [6.07, 6.45) is 0. The number of hydrogen-bond acceptors (Lipinski definition) is 9. The number of carbonyl (C=O) groups is 2. The van der Waals surface area contributed by atoms with Crippen molar-refractivity contribution in [1.82, 2.24) is 19.7 Å². The van der Waals surface area contributed by atoms with E-state index in [1.54, 1.807) is 21.0 Å². The number of aliphatic hydroxyl groups is 1. The lowest BCUT2D eigenvalue weighted by Crippen LogP contribution is -2.36. The zero-order chi connectivity index (χ0) is 18.1. The first-order chi connectivity index (χ1) is 11.1. The zero-order valence-electron chi connectivity index (χ0n) is 14.0. The monoisotopic (exact) mass is 338 g/mol. The second-order valence-electron chi connectivity index (χ2n) is 5.50. The third kappa shape index (κ3) is 3.50. The van der Waals surface area contributed by atoms with Gasteiger partial charge in [0.05, 0.1) is 0 Å². The van der Waals surface area contributed by atoms with Gasteiger partial charge in [0.1, 0.15) is 0 Å². The molecule has 0 unspecified atom stereocenters. The van der Waals surface area contributed by atoms with Crippen LogP contribution in [0.5, 0.6) is 0 Å². The minimum atomic E-state index is -1.30. The molecule has 0 saturated carbocycles. The van der Waals surface area contributed by atoms with Gasteiger partial charge in [0.2, 0.25) is 5.82 Å². The highest BCUT2D eigenvalue weighted by molar-refractivity contribution is 5.90. The van der Waals surface area contributed by atoms with Gasteiger partial charge in [-0.3, -0.25) is 4.79 Å². The predicted molar refractivity (Wildman–Crippen MR) is 79.1 cm³/mol. The largest absolute Gasteiger partial charge is 0.479 e. The highest BCUT2D eigenvalue weighted by Gasteiger charge is 2.36. The van der Waals surface area contributed by atoms with Gasteiger partial charge in [-0.2, -0.15) is 4.98 Å². The number of aliphatic hydroxyl groups excluding tert-OH is 1. The first kappa shape index (κ1) is 17.4. The molecule has 0 atom stereocenters. The number of carbonyl (C=O) groups excluding carboxylic acids is 2. The molecule has 2 rings (SSSR count). The molecule has 0 fully saturated rings. The van der Waals surface area contributed by atoms with Crippen LogP contribution in [-0.4, -0.2) is 56.5 Å². The fourth-order valence-corrected chi connectivity index (χ4v) is 1.79. The lowest BCUT2D eigenvalue weighted by molar-refractivity contribution is -0.222. The molecule has 11 heteroatoms. The van der Waals surface area contributed by atoms with Crippen molar-refractivity contribution in [3.63, 3.8) is 0 Å². The predicted octanol–water partition coefficient (Wildman–Crippen LogP) is 1.12. The van der Waals surface area contributed by atoms with Crippen LogP contribution in [-0.2, 0) is 20.8 Å². The maximum atomic E-state index is 12.0. The van der Waals surface area contributed by atoms with Crippen LogP contribution in [0.1, 0.15) is 31.4 Å². The van der Waals surface area contributed by atoms with E-state index in [2.05, 4.69) is 20.3 Å². The van der Waals surface area contributed by atoms with Crippen LogP contribution < -0.4 is 0 Å². The SMILES string of the molecule is CCn1nc(N=NC2=C(O)OC(C)(C)OC2=O)nc1C(=O)N(C)C. The molecule has 0 bridgehead atoms. The zero-order valence-corrected chi connectivity index (χ0v) is 14.0. The number of azo groups is 1. The number of nitrogens with zero attached hydrogens (tertiary/aromatic N) is 6. The number of esters is 1. The van der Waals surface area contributed by atoms with Gasteiger partial charge in [-0.15, -0.1) is 15.3 Å². The Balaban J connectivity index is 2.30. The van der Waals surface area contributed by atoms with E-state index in [1.165, 1.54) is 23.4 Å². The van der Waals surface area contributed by atoms with Crippen molar-refractivity contribution in [2.75, 3.05) is 14.1 Å². The molecule has 1 amide bonds. The van der Waals surface area contributed by atoms with E-state index in [1.807, 2.05) is 0 Å². The van der Waals surface area contributed by atoms with Crippen molar-refractivity contribution in [2.45, 2.75) is 33.1 Å². The Kier molecular flexibility index (Phi) is 4.53. The van der Waals surface area contributed by atoms with Crippen molar-refractivity contribution >= 4 is 17.8 Å². The Morgan fingerprint density at radius 3 is 2.54 bits per heavy atom. The average Bonchev–Trinajstić information content (AvgIpc) is 2.87. The number of rotatable bonds is 4. The fraction of sp³-hybridized carbons (Fsp3) is 0.538. The lowest BCUT2D eigenvalue weighted by atomic mass is 10.3. The molecule has 2 heterocycles. The van der Waals surface area contributed by atoms with Crippen LogP contribution in [0.3, 0.4) is 0 Å². The summed E-state index contributed by atoms with van der Waals surface area (Å²) in [7, 11) is 3.16. The van der Waals surface area contributed by atoms with Gasteiger partial charge in [0.15, 0.2) is 0 Å². The minimum Gasteiger partial charge on any atom is -0.479 e. The Labute approximate surface area is 137 Å². The number of ether oxygens (including phenoxy) is 2. The summed E-state index contributed by atoms with van der Waals surface area (Å²) in [5.41, 5.74) is -0.511. The summed E-state index contributed by atoms with van der Waals surface area (Å²) in [5, 5.41) is 20.9. The summed E-state index contributed by atoms with van der Waals surface area (Å²) in [6, 6.07) is 0. The van der Waals surface area contributed by atoms with E-state index in [9.17, 15) is 14.7 Å². The van der Waals surface area contributed by atoms with E-state index in [0.29, 0.717) is 6.54 Å². The summed E-state index contributed by atoms with van der Waals surface area (Å²) < 4.78 is 11.3. The molecule has 24 heavy (non-hydrogen) atoms. The molecule has 0 spiro atoms. The van der Waals surface area contributed by atoms with Crippen molar-refractivity contribution in [1.29, 1.82) is 0 Å². The Hall–Kier alpha value is -2.98.